The molecule has 1 aromatic carbocycles. The summed E-state index contributed by atoms with van der Waals surface area (Å²) in [6.45, 7) is 0. The van der Waals surface area contributed by atoms with Crippen molar-refractivity contribution in [2.24, 2.45) is 0 Å². The Kier molecular flexibility index (Phi) is 3.57. The molecule has 0 unspecified atom stereocenters. The minimum atomic E-state index is -0.0422. The van der Waals surface area contributed by atoms with E-state index in [1.54, 1.807) is 42.4 Å². The van der Waals surface area contributed by atoms with Gasteiger partial charge in [-0.05, 0) is 36.4 Å². The molecule has 92 valence electrons. The van der Waals surface area contributed by atoms with E-state index < -0.39 is 0 Å². The first kappa shape index (κ1) is 12.1. The van der Waals surface area contributed by atoms with E-state index in [9.17, 15) is 9.90 Å². The molecule has 2 aromatic rings. The molecule has 0 aliphatic carbocycles. The minimum absolute atomic E-state index is 0.0422. The second kappa shape index (κ2) is 5.31. The van der Waals surface area contributed by atoms with E-state index in [-0.39, 0.29) is 18.1 Å². The molecule has 0 aliphatic heterocycles. The summed E-state index contributed by atoms with van der Waals surface area (Å²) in [6.07, 6.45) is 1.93. The lowest BCUT2D eigenvalue weighted by molar-refractivity contribution is -0.117. The fraction of sp³-hybridized carbons (Fsp3) is 0.143. The Hall–Kier alpha value is -2.36. The summed E-state index contributed by atoms with van der Waals surface area (Å²) in [7, 11) is 1.71. The Bertz CT molecular complexity index is 523. The number of aromatic hydroxyl groups is 1. The Labute approximate surface area is 106 Å². The number of hydrogen-bond acceptors (Lipinski definition) is 3. The van der Waals surface area contributed by atoms with Crippen molar-refractivity contribution in [2.75, 3.05) is 11.9 Å². The van der Waals surface area contributed by atoms with Crippen molar-refractivity contribution in [3.8, 4) is 5.75 Å². The quantitative estimate of drug-likeness (QED) is 0.895. The number of pyridine rings is 1. The molecule has 1 aromatic heterocycles. The highest BCUT2D eigenvalue weighted by atomic mass is 16.3. The van der Waals surface area contributed by atoms with Gasteiger partial charge in [-0.15, -0.1) is 0 Å². The Balaban J connectivity index is 2.07. The highest BCUT2D eigenvalue weighted by Crippen LogP contribution is 2.17. The maximum absolute atomic E-state index is 12.0. The smallest absolute Gasteiger partial charge is 0.232 e. The van der Waals surface area contributed by atoms with Crippen molar-refractivity contribution in [3.63, 3.8) is 0 Å². The zero-order valence-electron chi connectivity index (χ0n) is 10.1. The summed E-state index contributed by atoms with van der Waals surface area (Å²) in [4.78, 5) is 17.7. The summed E-state index contributed by atoms with van der Waals surface area (Å²) in [5, 5.41) is 9.20. The standard InChI is InChI=1S/C14H14N2O2/c1-16(12-5-7-13(17)8-6-12)14(18)10-11-4-2-3-9-15-11/h2-9,17H,10H2,1H3. The van der Waals surface area contributed by atoms with Crippen LogP contribution in [0.1, 0.15) is 5.69 Å². The molecule has 1 N–H and O–H groups in total. The number of phenols is 1. The molecule has 0 atom stereocenters. The van der Waals surface area contributed by atoms with E-state index >= 15 is 0 Å². The van der Waals surface area contributed by atoms with Gasteiger partial charge in [0, 0.05) is 24.6 Å². The molecule has 1 heterocycles. The van der Waals surface area contributed by atoms with Crippen LogP contribution in [-0.2, 0) is 11.2 Å². The Morgan fingerprint density at radius 1 is 1.22 bits per heavy atom. The van der Waals surface area contributed by atoms with Crippen LogP contribution in [0, 0.1) is 0 Å². The number of rotatable bonds is 3. The zero-order chi connectivity index (χ0) is 13.0. The van der Waals surface area contributed by atoms with Crippen LogP contribution in [0.2, 0.25) is 0 Å². The van der Waals surface area contributed by atoms with Gasteiger partial charge in [0.25, 0.3) is 0 Å². The molecule has 0 saturated carbocycles. The molecule has 4 heteroatoms. The molecule has 0 bridgehead atoms. The van der Waals surface area contributed by atoms with Gasteiger partial charge in [-0.1, -0.05) is 6.07 Å². The molecule has 0 aliphatic rings. The average Bonchev–Trinajstić information content (AvgIpc) is 2.40. The number of amides is 1. The Morgan fingerprint density at radius 3 is 2.56 bits per heavy atom. The van der Waals surface area contributed by atoms with E-state index in [4.69, 9.17) is 0 Å². The third kappa shape index (κ3) is 2.85. The summed E-state index contributed by atoms with van der Waals surface area (Å²) >= 11 is 0. The molecular formula is C14H14N2O2. The van der Waals surface area contributed by atoms with Gasteiger partial charge in [0.1, 0.15) is 5.75 Å². The topological polar surface area (TPSA) is 53.4 Å². The van der Waals surface area contributed by atoms with Gasteiger partial charge in [0.2, 0.25) is 5.91 Å². The van der Waals surface area contributed by atoms with Crippen molar-refractivity contribution in [3.05, 3.63) is 54.4 Å². The molecule has 4 nitrogen and oxygen atoms in total. The summed E-state index contributed by atoms with van der Waals surface area (Å²) < 4.78 is 0. The number of nitrogens with zero attached hydrogens (tertiary/aromatic N) is 2. The largest absolute Gasteiger partial charge is 0.508 e. The van der Waals surface area contributed by atoms with Gasteiger partial charge in [0.05, 0.1) is 6.42 Å². The van der Waals surface area contributed by atoms with Crippen LogP contribution in [0.4, 0.5) is 5.69 Å². The van der Waals surface area contributed by atoms with Crippen LogP contribution in [0.3, 0.4) is 0 Å². The van der Waals surface area contributed by atoms with Crippen molar-refractivity contribution in [2.45, 2.75) is 6.42 Å². The van der Waals surface area contributed by atoms with Gasteiger partial charge < -0.3 is 10.0 Å². The molecule has 0 radical (unpaired) electrons. The van der Waals surface area contributed by atoms with E-state index in [1.165, 1.54) is 0 Å². The zero-order valence-corrected chi connectivity index (χ0v) is 10.1. The van der Waals surface area contributed by atoms with E-state index in [0.29, 0.717) is 0 Å². The predicted octanol–water partition coefficient (Wildman–Crippen LogP) is 1.99. The fourth-order valence-electron chi connectivity index (χ4n) is 1.60. The van der Waals surface area contributed by atoms with Crippen LogP contribution in [0.25, 0.3) is 0 Å². The number of benzene rings is 1. The van der Waals surface area contributed by atoms with Crippen LogP contribution >= 0.6 is 0 Å². The van der Waals surface area contributed by atoms with Crippen LogP contribution in [0.5, 0.6) is 5.75 Å². The van der Waals surface area contributed by atoms with Crippen molar-refractivity contribution < 1.29 is 9.90 Å². The summed E-state index contributed by atoms with van der Waals surface area (Å²) in [5.41, 5.74) is 1.49. The second-order valence-corrected chi connectivity index (χ2v) is 3.97. The molecule has 2 rings (SSSR count). The van der Waals surface area contributed by atoms with Crippen molar-refractivity contribution >= 4 is 11.6 Å². The maximum Gasteiger partial charge on any atom is 0.232 e. The predicted molar refractivity (Wildman–Crippen MR) is 69.5 cm³/mol. The van der Waals surface area contributed by atoms with E-state index in [0.717, 1.165) is 11.4 Å². The molecular weight excluding hydrogens is 228 g/mol. The average molecular weight is 242 g/mol. The van der Waals surface area contributed by atoms with Gasteiger partial charge >= 0.3 is 0 Å². The molecule has 0 saturated heterocycles. The molecule has 0 fully saturated rings. The van der Waals surface area contributed by atoms with Crippen LogP contribution in [-0.4, -0.2) is 23.0 Å². The maximum atomic E-state index is 12.0. The number of aromatic nitrogens is 1. The molecule has 0 spiro atoms. The number of carbonyl (C=O) groups is 1. The third-order valence-electron chi connectivity index (χ3n) is 2.67. The van der Waals surface area contributed by atoms with E-state index in [1.807, 2.05) is 18.2 Å². The highest BCUT2D eigenvalue weighted by molar-refractivity contribution is 5.94. The number of phenolic OH excluding ortho intramolecular Hbond substituents is 1. The Morgan fingerprint density at radius 2 is 1.94 bits per heavy atom. The SMILES string of the molecule is CN(C(=O)Cc1ccccn1)c1ccc(O)cc1. The first-order valence-corrected chi connectivity index (χ1v) is 5.62. The van der Waals surface area contributed by atoms with Crippen molar-refractivity contribution in [1.29, 1.82) is 0 Å². The van der Waals surface area contributed by atoms with Crippen LogP contribution < -0.4 is 4.90 Å². The van der Waals surface area contributed by atoms with Crippen molar-refractivity contribution in [1.82, 2.24) is 4.98 Å². The summed E-state index contributed by atoms with van der Waals surface area (Å²) in [5.74, 6) is 0.142. The number of anilines is 1. The lowest BCUT2D eigenvalue weighted by Gasteiger charge is -2.17. The van der Waals surface area contributed by atoms with Gasteiger partial charge in [-0.25, -0.2) is 0 Å². The van der Waals surface area contributed by atoms with Gasteiger partial charge in [-0.2, -0.15) is 0 Å². The minimum Gasteiger partial charge on any atom is -0.508 e. The third-order valence-corrected chi connectivity index (χ3v) is 2.67. The van der Waals surface area contributed by atoms with Crippen LogP contribution in [0.15, 0.2) is 48.7 Å². The lowest BCUT2D eigenvalue weighted by Crippen LogP contribution is -2.28. The number of carbonyl (C=O) groups excluding carboxylic acids is 1. The normalized spacial score (nSPS) is 10.1. The van der Waals surface area contributed by atoms with E-state index in [2.05, 4.69) is 4.98 Å². The lowest BCUT2D eigenvalue weighted by atomic mass is 10.2. The first-order chi connectivity index (χ1) is 8.66. The first-order valence-electron chi connectivity index (χ1n) is 5.62. The number of likely N-dealkylation sites (N-methyl/N-ethyl adjacent to an activating group) is 1. The fourth-order valence-corrected chi connectivity index (χ4v) is 1.60. The van der Waals surface area contributed by atoms with Gasteiger partial charge in [-0.3, -0.25) is 9.78 Å². The summed E-state index contributed by atoms with van der Waals surface area (Å²) in [6, 6.07) is 12.0. The molecule has 18 heavy (non-hydrogen) atoms. The van der Waals surface area contributed by atoms with Gasteiger partial charge in [0.15, 0.2) is 0 Å². The second-order valence-electron chi connectivity index (χ2n) is 3.97. The number of hydrogen-bond donors (Lipinski definition) is 1. The molecule has 1 amide bonds. The highest BCUT2D eigenvalue weighted by Gasteiger charge is 2.11. The monoisotopic (exact) mass is 242 g/mol.